The number of rotatable bonds is 4. The largest absolute Gasteiger partial charge is 0.508 e. The van der Waals surface area contributed by atoms with Gasteiger partial charge in [-0.15, -0.1) is 0 Å². The van der Waals surface area contributed by atoms with E-state index in [4.69, 9.17) is 23.2 Å². The molecule has 2 N–H and O–H groups in total. The van der Waals surface area contributed by atoms with Gasteiger partial charge in [0.05, 0.1) is 5.92 Å². The van der Waals surface area contributed by atoms with Gasteiger partial charge in [0.2, 0.25) is 5.91 Å². The molecule has 1 atom stereocenters. The summed E-state index contributed by atoms with van der Waals surface area (Å²) >= 11 is 11.2. The number of anilines is 1. The fourth-order valence-corrected chi connectivity index (χ4v) is 2.21. The van der Waals surface area contributed by atoms with Crippen molar-refractivity contribution in [1.29, 1.82) is 0 Å². The molecule has 2 aromatic carbocycles. The Morgan fingerprint density at radius 2 is 1.68 bits per heavy atom. The Kier molecular flexibility index (Phi) is 5.47. The third kappa shape index (κ3) is 4.52. The summed E-state index contributed by atoms with van der Waals surface area (Å²) < 4.78 is 0.186. The summed E-state index contributed by atoms with van der Waals surface area (Å²) in [6.45, 7) is 1.83. The van der Waals surface area contributed by atoms with Gasteiger partial charge in [-0.1, -0.05) is 47.5 Å². The maximum absolute atomic E-state index is 12.2. The molecular formula is C17H15Cl2NO2. The van der Waals surface area contributed by atoms with Crippen LogP contribution in [0.1, 0.15) is 24.0 Å². The van der Waals surface area contributed by atoms with E-state index in [9.17, 15) is 9.90 Å². The van der Waals surface area contributed by atoms with Crippen LogP contribution < -0.4 is 5.32 Å². The standard InChI is InChI=1S/C17H15Cl2NO2/c1-11(13-4-2-12(3-5-13)10-16(18)19)17(22)20-14-6-8-15(21)9-7-14/h2-11,21H,1H3,(H,20,22). The number of carbonyl (C=O) groups excluding carboxylic acids is 1. The van der Waals surface area contributed by atoms with Crippen molar-refractivity contribution in [3.05, 3.63) is 64.1 Å². The summed E-state index contributed by atoms with van der Waals surface area (Å²) in [4.78, 5) is 12.2. The van der Waals surface area contributed by atoms with Crippen molar-refractivity contribution in [2.45, 2.75) is 12.8 Å². The lowest BCUT2D eigenvalue weighted by atomic mass is 9.99. The number of phenolic OH excluding ortho intramolecular Hbond substituents is 1. The van der Waals surface area contributed by atoms with Crippen molar-refractivity contribution in [1.82, 2.24) is 0 Å². The molecular weight excluding hydrogens is 321 g/mol. The van der Waals surface area contributed by atoms with Crippen LogP contribution in [0.25, 0.3) is 6.08 Å². The molecule has 0 spiro atoms. The van der Waals surface area contributed by atoms with Crippen molar-refractivity contribution in [2.75, 3.05) is 5.32 Å². The molecule has 0 aliphatic carbocycles. The maximum atomic E-state index is 12.2. The van der Waals surface area contributed by atoms with Gasteiger partial charge in [0.1, 0.15) is 10.2 Å². The van der Waals surface area contributed by atoms with Crippen molar-refractivity contribution in [2.24, 2.45) is 0 Å². The van der Waals surface area contributed by atoms with Gasteiger partial charge in [0.15, 0.2) is 0 Å². The Labute approximate surface area is 139 Å². The minimum atomic E-state index is -0.307. The first-order valence-electron chi connectivity index (χ1n) is 6.68. The average molecular weight is 336 g/mol. The van der Waals surface area contributed by atoms with Crippen LogP contribution in [0.15, 0.2) is 53.0 Å². The first-order valence-corrected chi connectivity index (χ1v) is 7.44. The van der Waals surface area contributed by atoms with Gasteiger partial charge in [-0.05, 0) is 48.4 Å². The monoisotopic (exact) mass is 335 g/mol. The van der Waals surface area contributed by atoms with Crippen molar-refractivity contribution in [3.8, 4) is 5.75 Å². The van der Waals surface area contributed by atoms with Crippen LogP contribution >= 0.6 is 23.2 Å². The maximum Gasteiger partial charge on any atom is 0.231 e. The number of nitrogens with one attached hydrogen (secondary N) is 1. The summed E-state index contributed by atoms with van der Waals surface area (Å²) in [5.74, 6) is -0.268. The predicted molar refractivity (Wildman–Crippen MR) is 91.3 cm³/mol. The van der Waals surface area contributed by atoms with Gasteiger partial charge < -0.3 is 10.4 Å². The molecule has 5 heteroatoms. The van der Waals surface area contributed by atoms with Crippen LogP contribution in [0.5, 0.6) is 5.75 Å². The third-order valence-corrected chi connectivity index (χ3v) is 3.46. The number of phenols is 1. The number of benzene rings is 2. The van der Waals surface area contributed by atoms with E-state index in [-0.39, 0.29) is 22.1 Å². The zero-order chi connectivity index (χ0) is 16.1. The molecule has 0 aromatic heterocycles. The second kappa shape index (κ2) is 7.34. The van der Waals surface area contributed by atoms with Gasteiger partial charge in [0, 0.05) is 5.69 Å². The summed E-state index contributed by atoms with van der Waals surface area (Å²) in [6.07, 6.45) is 1.63. The minimum Gasteiger partial charge on any atom is -0.508 e. The van der Waals surface area contributed by atoms with E-state index in [2.05, 4.69) is 5.32 Å². The highest BCUT2D eigenvalue weighted by Gasteiger charge is 2.15. The number of amides is 1. The minimum absolute atomic E-state index is 0.121. The smallest absolute Gasteiger partial charge is 0.231 e. The van der Waals surface area contributed by atoms with Crippen LogP contribution in [-0.2, 0) is 4.79 Å². The zero-order valence-corrected chi connectivity index (χ0v) is 13.4. The molecule has 0 bridgehead atoms. The summed E-state index contributed by atoms with van der Waals surface area (Å²) in [5.41, 5.74) is 2.40. The first-order chi connectivity index (χ1) is 10.5. The van der Waals surface area contributed by atoms with Gasteiger partial charge in [-0.2, -0.15) is 0 Å². The van der Waals surface area contributed by atoms with E-state index < -0.39 is 0 Å². The lowest BCUT2D eigenvalue weighted by Crippen LogP contribution is -2.18. The lowest BCUT2D eigenvalue weighted by molar-refractivity contribution is -0.117. The van der Waals surface area contributed by atoms with E-state index in [0.29, 0.717) is 5.69 Å². The Balaban J connectivity index is 2.06. The molecule has 0 saturated heterocycles. The molecule has 0 aliphatic rings. The third-order valence-electron chi connectivity index (χ3n) is 3.24. The zero-order valence-electron chi connectivity index (χ0n) is 11.9. The highest BCUT2D eigenvalue weighted by molar-refractivity contribution is 6.57. The average Bonchev–Trinajstić information content (AvgIpc) is 2.49. The van der Waals surface area contributed by atoms with E-state index in [1.165, 1.54) is 12.1 Å². The van der Waals surface area contributed by atoms with Gasteiger partial charge in [0.25, 0.3) is 0 Å². The molecule has 3 nitrogen and oxygen atoms in total. The molecule has 114 valence electrons. The Bertz CT molecular complexity index is 675. The Morgan fingerprint density at radius 3 is 2.23 bits per heavy atom. The second-order valence-electron chi connectivity index (χ2n) is 4.86. The fourth-order valence-electron chi connectivity index (χ4n) is 1.95. The van der Waals surface area contributed by atoms with Crippen molar-refractivity contribution < 1.29 is 9.90 Å². The summed E-state index contributed by atoms with van der Waals surface area (Å²) in [5, 5.41) is 12.0. The first kappa shape index (κ1) is 16.4. The van der Waals surface area contributed by atoms with Crippen LogP contribution in [-0.4, -0.2) is 11.0 Å². The van der Waals surface area contributed by atoms with Crippen molar-refractivity contribution in [3.63, 3.8) is 0 Å². The summed E-state index contributed by atoms with van der Waals surface area (Å²) in [6, 6.07) is 13.8. The number of hydrogen-bond acceptors (Lipinski definition) is 2. The van der Waals surface area contributed by atoms with E-state index in [0.717, 1.165) is 11.1 Å². The van der Waals surface area contributed by atoms with Gasteiger partial charge in [-0.25, -0.2) is 0 Å². The van der Waals surface area contributed by atoms with E-state index >= 15 is 0 Å². The Morgan fingerprint density at radius 1 is 1.09 bits per heavy atom. The van der Waals surface area contributed by atoms with E-state index in [1.807, 2.05) is 31.2 Å². The molecule has 0 aliphatic heterocycles. The van der Waals surface area contributed by atoms with Gasteiger partial charge in [-0.3, -0.25) is 4.79 Å². The highest BCUT2D eigenvalue weighted by Crippen LogP contribution is 2.21. The molecule has 2 aromatic rings. The predicted octanol–water partition coefficient (Wildman–Crippen LogP) is 4.91. The van der Waals surface area contributed by atoms with E-state index in [1.54, 1.807) is 18.2 Å². The molecule has 0 saturated carbocycles. The number of hydrogen-bond donors (Lipinski definition) is 2. The molecule has 22 heavy (non-hydrogen) atoms. The molecule has 2 rings (SSSR count). The number of halogens is 2. The van der Waals surface area contributed by atoms with Crippen LogP contribution in [0.2, 0.25) is 0 Å². The molecule has 0 heterocycles. The van der Waals surface area contributed by atoms with Crippen molar-refractivity contribution >= 4 is 40.9 Å². The fraction of sp³-hybridized carbons (Fsp3) is 0.118. The number of carbonyl (C=O) groups is 1. The molecule has 0 radical (unpaired) electrons. The lowest BCUT2D eigenvalue weighted by Gasteiger charge is -2.13. The van der Waals surface area contributed by atoms with Gasteiger partial charge >= 0.3 is 0 Å². The topological polar surface area (TPSA) is 49.3 Å². The molecule has 1 amide bonds. The van der Waals surface area contributed by atoms with Crippen LogP contribution in [0.4, 0.5) is 5.69 Å². The molecule has 0 fully saturated rings. The highest BCUT2D eigenvalue weighted by atomic mass is 35.5. The summed E-state index contributed by atoms with van der Waals surface area (Å²) in [7, 11) is 0. The van der Waals surface area contributed by atoms with Crippen LogP contribution in [0.3, 0.4) is 0 Å². The Hall–Kier alpha value is -1.97. The quantitative estimate of drug-likeness (QED) is 0.780. The molecule has 1 unspecified atom stereocenters. The van der Waals surface area contributed by atoms with Crippen LogP contribution in [0, 0.1) is 0 Å². The second-order valence-corrected chi connectivity index (χ2v) is 5.87. The number of aromatic hydroxyl groups is 1. The SMILES string of the molecule is CC(C(=O)Nc1ccc(O)cc1)c1ccc(C=C(Cl)Cl)cc1. The normalized spacial score (nSPS) is 11.6.